The van der Waals surface area contributed by atoms with Crippen LogP contribution in [0.1, 0.15) is 28.1 Å². The molecule has 2 rings (SSSR count). The van der Waals surface area contributed by atoms with Gasteiger partial charge in [0, 0.05) is 17.0 Å². The van der Waals surface area contributed by atoms with Crippen molar-refractivity contribution >= 4 is 17.3 Å². The van der Waals surface area contributed by atoms with Crippen molar-refractivity contribution < 1.29 is 17.9 Å². The highest BCUT2D eigenvalue weighted by Crippen LogP contribution is 2.26. The van der Waals surface area contributed by atoms with Crippen molar-refractivity contribution in [3.63, 3.8) is 0 Å². The molecule has 1 heterocycles. The number of aromatic nitrogens is 1. The summed E-state index contributed by atoms with van der Waals surface area (Å²) < 4.78 is 41.6. The summed E-state index contributed by atoms with van der Waals surface area (Å²) in [6, 6.07) is 5.98. The maximum Gasteiger partial charge on any atom is 0.573 e. The molecule has 0 saturated carbocycles. The SMILES string of the molecule is CCNC(=NCc1ccccc1OC(F)(F)F)NCc1sc(C)nc1C. The number of aliphatic imine (C=N–C) groups is 1. The second-order valence-corrected chi connectivity index (χ2v) is 6.73. The summed E-state index contributed by atoms with van der Waals surface area (Å²) in [7, 11) is 0. The van der Waals surface area contributed by atoms with Crippen LogP contribution in [0, 0.1) is 13.8 Å². The predicted molar refractivity (Wildman–Crippen MR) is 96.4 cm³/mol. The molecular weight excluding hydrogens is 365 g/mol. The Morgan fingerprint density at radius 2 is 1.96 bits per heavy atom. The maximum atomic E-state index is 12.5. The van der Waals surface area contributed by atoms with Crippen molar-refractivity contribution in [2.75, 3.05) is 6.54 Å². The van der Waals surface area contributed by atoms with Gasteiger partial charge in [-0.05, 0) is 26.8 Å². The zero-order valence-electron chi connectivity index (χ0n) is 14.8. The van der Waals surface area contributed by atoms with Gasteiger partial charge in [-0.25, -0.2) is 9.98 Å². The number of rotatable bonds is 6. The van der Waals surface area contributed by atoms with E-state index >= 15 is 0 Å². The Kier molecular flexibility index (Phi) is 6.84. The Hall–Kier alpha value is -2.29. The van der Waals surface area contributed by atoms with E-state index in [9.17, 15) is 13.2 Å². The molecule has 0 atom stereocenters. The Labute approximate surface area is 154 Å². The van der Waals surface area contributed by atoms with Gasteiger partial charge in [0.2, 0.25) is 0 Å². The topological polar surface area (TPSA) is 58.5 Å². The average molecular weight is 386 g/mol. The summed E-state index contributed by atoms with van der Waals surface area (Å²) in [5.41, 5.74) is 1.31. The van der Waals surface area contributed by atoms with Gasteiger partial charge in [0.25, 0.3) is 0 Å². The molecule has 5 nitrogen and oxygen atoms in total. The lowest BCUT2D eigenvalue weighted by Gasteiger charge is -2.13. The Bertz CT molecular complexity index is 759. The van der Waals surface area contributed by atoms with Crippen LogP contribution < -0.4 is 15.4 Å². The van der Waals surface area contributed by atoms with Gasteiger partial charge in [-0.3, -0.25) is 0 Å². The average Bonchev–Trinajstić information content (AvgIpc) is 2.87. The highest BCUT2D eigenvalue weighted by atomic mass is 32.1. The predicted octanol–water partition coefficient (Wildman–Crippen LogP) is 3.91. The molecule has 0 saturated heterocycles. The van der Waals surface area contributed by atoms with Crippen LogP contribution in [0.3, 0.4) is 0 Å². The fourth-order valence-electron chi connectivity index (χ4n) is 2.27. The minimum atomic E-state index is -4.73. The Balaban J connectivity index is 2.08. The van der Waals surface area contributed by atoms with E-state index in [1.165, 1.54) is 12.1 Å². The summed E-state index contributed by atoms with van der Waals surface area (Å²) in [4.78, 5) is 9.82. The fraction of sp³-hybridized carbons (Fsp3) is 0.412. The van der Waals surface area contributed by atoms with Gasteiger partial charge >= 0.3 is 6.36 Å². The summed E-state index contributed by atoms with van der Waals surface area (Å²) in [6.45, 7) is 7.03. The van der Waals surface area contributed by atoms with Crippen LogP contribution in [0.25, 0.3) is 0 Å². The second kappa shape index (κ2) is 8.88. The second-order valence-electron chi connectivity index (χ2n) is 5.45. The molecule has 0 aliphatic rings. The smallest absolute Gasteiger partial charge is 0.405 e. The van der Waals surface area contributed by atoms with E-state index in [-0.39, 0.29) is 12.3 Å². The van der Waals surface area contributed by atoms with Crippen LogP contribution in [0.2, 0.25) is 0 Å². The number of nitrogens with one attached hydrogen (secondary N) is 2. The highest BCUT2D eigenvalue weighted by molar-refractivity contribution is 7.11. The minimum absolute atomic E-state index is 0.0578. The number of para-hydroxylation sites is 1. The number of aryl methyl sites for hydroxylation is 2. The first-order valence-electron chi connectivity index (χ1n) is 8.07. The molecule has 9 heteroatoms. The molecular formula is C17H21F3N4OS. The van der Waals surface area contributed by atoms with Crippen molar-refractivity contribution in [3.8, 4) is 5.75 Å². The number of ether oxygens (including phenoxy) is 1. The molecule has 142 valence electrons. The van der Waals surface area contributed by atoms with Crippen molar-refractivity contribution in [2.24, 2.45) is 4.99 Å². The maximum absolute atomic E-state index is 12.5. The number of halogens is 3. The summed E-state index contributed by atoms with van der Waals surface area (Å²) >= 11 is 1.60. The highest BCUT2D eigenvalue weighted by Gasteiger charge is 2.31. The van der Waals surface area contributed by atoms with E-state index in [4.69, 9.17) is 0 Å². The normalized spacial score (nSPS) is 12.2. The molecule has 0 amide bonds. The van der Waals surface area contributed by atoms with Gasteiger partial charge in [0.1, 0.15) is 5.75 Å². The van der Waals surface area contributed by atoms with Crippen LogP contribution >= 0.6 is 11.3 Å². The van der Waals surface area contributed by atoms with Gasteiger partial charge < -0.3 is 15.4 Å². The molecule has 0 aliphatic carbocycles. The largest absolute Gasteiger partial charge is 0.573 e. The zero-order valence-corrected chi connectivity index (χ0v) is 15.6. The lowest BCUT2D eigenvalue weighted by atomic mass is 10.2. The van der Waals surface area contributed by atoms with E-state index in [1.54, 1.807) is 23.5 Å². The molecule has 0 spiro atoms. The van der Waals surface area contributed by atoms with E-state index in [0.29, 0.717) is 24.6 Å². The van der Waals surface area contributed by atoms with Gasteiger partial charge in [0.15, 0.2) is 5.96 Å². The van der Waals surface area contributed by atoms with Gasteiger partial charge in [0.05, 0.1) is 23.8 Å². The number of thiazole rings is 1. The zero-order chi connectivity index (χ0) is 19.2. The number of nitrogens with zero attached hydrogens (tertiary/aromatic N) is 2. The molecule has 0 radical (unpaired) electrons. The first-order valence-corrected chi connectivity index (χ1v) is 8.89. The van der Waals surface area contributed by atoms with Crippen LogP contribution in [0.4, 0.5) is 13.2 Å². The molecule has 1 aromatic heterocycles. The van der Waals surface area contributed by atoms with Crippen molar-refractivity contribution in [3.05, 3.63) is 45.4 Å². The molecule has 2 aromatic rings. The van der Waals surface area contributed by atoms with Crippen molar-refractivity contribution in [1.82, 2.24) is 15.6 Å². The molecule has 0 aliphatic heterocycles. The number of benzene rings is 1. The molecule has 0 fully saturated rings. The number of hydrogen-bond acceptors (Lipinski definition) is 4. The third-order valence-corrected chi connectivity index (χ3v) is 4.44. The lowest BCUT2D eigenvalue weighted by molar-refractivity contribution is -0.274. The van der Waals surface area contributed by atoms with Crippen LogP contribution in [0.15, 0.2) is 29.3 Å². The molecule has 2 N–H and O–H groups in total. The summed E-state index contributed by atoms with van der Waals surface area (Å²) in [5.74, 6) is 0.272. The van der Waals surface area contributed by atoms with E-state index in [2.05, 4.69) is 25.3 Å². The fourth-order valence-corrected chi connectivity index (χ4v) is 3.14. The van der Waals surface area contributed by atoms with Crippen LogP contribution in [-0.4, -0.2) is 23.9 Å². The van der Waals surface area contributed by atoms with E-state index in [0.717, 1.165) is 15.6 Å². The third kappa shape index (κ3) is 6.21. The van der Waals surface area contributed by atoms with E-state index in [1.807, 2.05) is 20.8 Å². The van der Waals surface area contributed by atoms with Crippen molar-refractivity contribution in [1.29, 1.82) is 0 Å². The molecule has 26 heavy (non-hydrogen) atoms. The first kappa shape index (κ1) is 20.0. The van der Waals surface area contributed by atoms with E-state index < -0.39 is 6.36 Å². The van der Waals surface area contributed by atoms with Gasteiger partial charge in [-0.1, -0.05) is 18.2 Å². The van der Waals surface area contributed by atoms with Crippen LogP contribution in [0.5, 0.6) is 5.75 Å². The van der Waals surface area contributed by atoms with Crippen LogP contribution in [-0.2, 0) is 13.1 Å². The number of hydrogen-bond donors (Lipinski definition) is 2. The molecule has 1 aromatic carbocycles. The standard InChI is InChI=1S/C17H21F3N4OS/c1-4-21-16(23-10-15-11(2)24-12(3)26-15)22-9-13-7-5-6-8-14(13)25-17(18,19)20/h5-8H,4,9-10H2,1-3H3,(H2,21,22,23). The lowest BCUT2D eigenvalue weighted by Crippen LogP contribution is -2.36. The molecule has 0 unspecified atom stereocenters. The molecule has 0 bridgehead atoms. The monoisotopic (exact) mass is 386 g/mol. The first-order chi connectivity index (χ1) is 12.3. The Morgan fingerprint density at radius 3 is 2.58 bits per heavy atom. The third-order valence-electron chi connectivity index (χ3n) is 3.37. The summed E-state index contributed by atoms with van der Waals surface area (Å²) in [6.07, 6.45) is -4.73. The quantitative estimate of drug-likeness (QED) is 0.584. The Morgan fingerprint density at radius 1 is 1.23 bits per heavy atom. The minimum Gasteiger partial charge on any atom is -0.405 e. The van der Waals surface area contributed by atoms with Gasteiger partial charge in [-0.15, -0.1) is 24.5 Å². The van der Waals surface area contributed by atoms with Crippen molar-refractivity contribution in [2.45, 2.75) is 40.2 Å². The van der Waals surface area contributed by atoms with Gasteiger partial charge in [-0.2, -0.15) is 0 Å². The number of alkyl halides is 3. The number of guanidine groups is 1. The summed E-state index contributed by atoms with van der Waals surface area (Å²) in [5, 5.41) is 7.24.